The first-order valence-corrected chi connectivity index (χ1v) is 5.19. The predicted octanol–water partition coefficient (Wildman–Crippen LogP) is 3.70. The van der Waals surface area contributed by atoms with Crippen LogP contribution in [0.3, 0.4) is 0 Å². The van der Waals surface area contributed by atoms with Crippen LogP contribution in [-0.4, -0.2) is 17.4 Å². The van der Waals surface area contributed by atoms with Gasteiger partial charge >= 0.3 is 12.4 Å². The molecule has 0 aliphatic heterocycles. The van der Waals surface area contributed by atoms with E-state index in [1.807, 2.05) is 0 Å². The maximum atomic E-state index is 12.5. The SMILES string of the molecule is Cl.N[C@H](c1ccc(Cl)c(C(F)(F)F)c1)[C@@H](O)C(F)(F)F. The second kappa shape index (κ2) is 6.38. The van der Waals surface area contributed by atoms with Crippen molar-refractivity contribution in [1.29, 1.82) is 0 Å². The molecule has 0 heterocycles. The number of alkyl halides is 6. The van der Waals surface area contributed by atoms with Crippen molar-refractivity contribution in [2.45, 2.75) is 24.5 Å². The number of halogens is 8. The highest BCUT2D eigenvalue weighted by Gasteiger charge is 2.43. The quantitative estimate of drug-likeness (QED) is 0.804. The van der Waals surface area contributed by atoms with Gasteiger partial charge in [-0.3, -0.25) is 0 Å². The molecule has 20 heavy (non-hydrogen) atoms. The fourth-order valence-corrected chi connectivity index (χ4v) is 1.58. The van der Waals surface area contributed by atoms with Gasteiger partial charge in [-0.2, -0.15) is 26.3 Å². The average Bonchev–Trinajstić information content (AvgIpc) is 2.25. The molecule has 0 radical (unpaired) electrons. The van der Waals surface area contributed by atoms with Crippen molar-refractivity contribution in [2.24, 2.45) is 5.73 Å². The van der Waals surface area contributed by atoms with Gasteiger partial charge in [0.25, 0.3) is 0 Å². The van der Waals surface area contributed by atoms with E-state index in [2.05, 4.69) is 0 Å². The van der Waals surface area contributed by atoms with E-state index in [4.69, 9.17) is 22.4 Å². The van der Waals surface area contributed by atoms with Gasteiger partial charge in [0.15, 0.2) is 6.10 Å². The lowest BCUT2D eigenvalue weighted by Gasteiger charge is -2.22. The van der Waals surface area contributed by atoms with Crippen molar-refractivity contribution >= 4 is 24.0 Å². The molecule has 0 spiro atoms. The van der Waals surface area contributed by atoms with Gasteiger partial charge in [0.1, 0.15) is 0 Å². The van der Waals surface area contributed by atoms with E-state index in [0.29, 0.717) is 6.07 Å². The maximum Gasteiger partial charge on any atom is 0.417 e. The molecule has 116 valence electrons. The molecule has 0 amide bonds. The van der Waals surface area contributed by atoms with Gasteiger partial charge < -0.3 is 10.8 Å². The molecule has 10 heteroatoms. The lowest BCUT2D eigenvalue weighted by molar-refractivity contribution is -0.210. The highest BCUT2D eigenvalue weighted by molar-refractivity contribution is 6.31. The van der Waals surface area contributed by atoms with Crippen LogP contribution in [0.2, 0.25) is 5.02 Å². The molecule has 0 fully saturated rings. The Balaban J connectivity index is 0.00000361. The Morgan fingerprint density at radius 1 is 1.10 bits per heavy atom. The molecule has 0 bridgehead atoms. The molecule has 1 aromatic carbocycles. The monoisotopic (exact) mass is 343 g/mol. The van der Waals surface area contributed by atoms with Gasteiger partial charge in [-0.15, -0.1) is 12.4 Å². The third-order valence-electron chi connectivity index (χ3n) is 2.36. The third kappa shape index (κ3) is 4.41. The first-order valence-electron chi connectivity index (χ1n) is 4.81. The Morgan fingerprint density at radius 2 is 1.60 bits per heavy atom. The molecule has 3 N–H and O–H groups in total. The summed E-state index contributed by atoms with van der Waals surface area (Å²) in [5.74, 6) is 0. The molecule has 0 saturated heterocycles. The fraction of sp³-hybridized carbons (Fsp3) is 0.400. The zero-order valence-corrected chi connectivity index (χ0v) is 11.0. The summed E-state index contributed by atoms with van der Waals surface area (Å²) in [7, 11) is 0. The maximum absolute atomic E-state index is 12.5. The molecule has 0 aliphatic rings. The summed E-state index contributed by atoms with van der Waals surface area (Å²) in [5, 5.41) is 8.24. The van der Waals surface area contributed by atoms with Gasteiger partial charge in [0.05, 0.1) is 16.6 Å². The van der Waals surface area contributed by atoms with Crippen LogP contribution >= 0.6 is 24.0 Å². The molecule has 0 aliphatic carbocycles. The van der Waals surface area contributed by atoms with Crippen LogP contribution in [0, 0.1) is 0 Å². The Bertz CT molecular complexity index is 462. The summed E-state index contributed by atoms with van der Waals surface area (Å²) >= 11 is 5.31. The molecule has 0 saturated carbocycles. The van der Waals surface area contributed by atoms with Gasteiger partial charge in [0, 0.05) is 0 Å². The van der Waals surface area contributed by atoms with Gasteiger partial charge in [-0.05, 0) is 17.7 Å². The minimum absolute atomic E-state index is 0. The summed E-state index contributed by atoms with van der Waals surface area (Å²) in [6.45, 7) is 0. The number of nitrogens with two attached hydrogens (primary N) is 1. The number of hydrogen-bond acceptors (Lipinski definition) is 2. The Labute approximate surface area is 120 Å². The van der Waals surface area contributed by atoms with Crippen LogP contribution in [0.25, 0.3) is 0 Å². The van der Waals surface area contributed by atoms with Crippen molar-refractivity contribution in [1.82, 2.24) is 0 Å². The van der Waals surface area contributed by atoms with Crippen molar-refractivity contribution in [2.75, 3.05) is 0 Å². The average molecular weight is 344 g/mol. The number of benzene rings is 1. The topological polar surface area (TPSA) is 46.2 Å². The molecule has 2 atom stereocenters. The normalized spacial score (nSPS) is 15.4. The van der Waals surface area contributed by atoms with E-state index < -0.39 is 40.6 Å². The van der Waals surface area contributed by atoms with Crippen LogP contribution < -0.4 is 5.73 Å². The van der Waals surface area contributed by atoms with E-state index in [1.54, 1.807) is 0 Å². The number of aliphatic hydroxyl groups excluding tert-OH is 1. The predicted molar refractivity (Wildman–Crippen MR) is 62.7 cm³/mol. The second-order valence-corrected chi connectivity index (χ2v) is 4.16. The molecule has 1 rings (SSSR count). The smallest absolute Gasteiger partial charge is 0.382 e. The van der Waals surface area contributed by atoms with E-state index in [0.717, 1.165) is 12.1 Å². The third-order valence-corrected chi connectivity index (χ3v) is 2.69. The zero-order chi connectivity index (χ0) is 15.0. The fourth-order valence-electron chi connectivity index (χ4n) is 1.35. The lowest BCUT2D eigenvalue weighted by atomic mass is 9.99. The van der Waals surface area contributed by atoms with Gasteiger partial charge in [-0.1, -0.05) is 17.7 Å². The minimum atomic E-state index is -5.03. The largest absolute Gasteiger partial charge is 0.417 e. The molecule has 0 unspecified atom stereocenters. The molecular weight excluding hydrogens is 335 g/mol. The van der Waals surface area contributed by atoms with Crippen LogP contribution in [0.5, 0.6) is 0 Å². The second-order valence-electron chi connectivity index (χ2n) is 3.75. The van der Waals surface area contributed by atoms with E-state index in [-0.39, 0.29) is 12.4 Å². The first kappa shape index (κ1) is 19.3. The summed E-state index contributed by atoms with van der Waals surface area (Å²) in [5.41, 5.74) is 3.29. The number of hydrogen-bond donors (Lipinski definition) is 2. The summed E-state index contributed by atoms with van der Waals surface area (Å²) in [4.78, 5) is 0. The van der Waals surface area contributed by atoms with Crippen molar-refractivity contribution in [3.63, 3.8) is 0 Å². The summed E-state index contributed by atoms with van der Waals surface area (Å²) < 4.78 is 74.2. The summed E-state index contributed by atoms with van der Waals surface area (Å²) in [6.07, 6.45) is -12.8. The van der Waals surface area contributed by atoms with E-state index in [9.17, 15) is 26.3 Å². The first-order chi connectivity index (χ1) is 8.44. The van der Waals surface area contributed by atoms with Crippen molar-refractivity contribution in [3.05, 3.63) is 34.3 Å². The summed E-state index contributed by atoms with van der Waals surface area (Å²) in [6, 6.07) is 0.0420. The number of aliphatic hydroxyl groups is 1. The molecule has 2 nitrogen and oxygen atoms in total. The lowest BCUT2D eigenvalue weighted by Crippen LogP contribution is -2.38. The molecule has 0 aromatic heterocycles. The minimum Gasteiger partial charge on any atom is -0.382 e. The Hall–Kier alpha value is -0.700. The Kier molecular flexibility index (Phi) is 6.16. The van der Waals surface area contributed by atoms with E-state index in [1.165, 1.54) is 0 Å². The Morgan fingerprint density at radius 3 is 2.00 bits per heavy atom. The van der Waals surface area contributed by atoms with Gasteiger partial charge in [-0.25, -0.2) is 0 Å². The van der Waals surface area contributed by atoms with Crippen molar-refractivity contribution < 1.29 is 31.4 Å². The van der Waals surface area contributed by atoms with Crippen LogP contribution in [0.15, 0.2) is 18.2 Å². The van der Waals surface area contributed by atoms with Crippen LogP contribution in [0.4, 0.5) is 26.3 Å². The van der Waals surface area contributed by atoms with Gasteiger partial charge in [0.2, 0.25) is 0 Å². The standard InChI is InChI=1S/C10H8ClF6NO.ClH/c11-6-2-1-4(3-5(6)9(12,13)14)7(18)8(19)10(15,16)17;/h1-3,7-8,19H,18H2;1H/t7-,8-;/m1./s1. The van der Waals surface area contributed by atoms with Crippen LogP contribution in [0.1, 0.15) is 17.2 Å². The van der Waals surface area contributed by atoms with E-state index >= 15 is 0 Å². The molecular formula is C10H9Cl2F6NO. The van der Waals surface area contributed by atoms with Crippen molar-refractivity contribution in [3.8, 4) is 0 Å². The number of rotatable bonds is 2. The van der Waals surface area contributed by atoms with Crippen LogP contribution in [-0.2, 0) is 6.18 Å². The zero-order valence-electron chi connectivity index (χ0n) is 9.47. The molecule has 1 aromatic rings. The highest BCUT2D eigenvalue weighted by Crippen LogP contribution is 2.37. The highest BCUT2D eigenvalue weighted by atomic mass is 35.5.